The summed E-state index contributed by atoms with van der Waals surface area (Å²) in [6.45, 7) is 6.88. The van der Waals surface area contributed by atoms with E-state index in [0.29, 0.717) is 19.5 Å². The number of hydrogen-bond acceptors (Lipinski definition) is 3. The molecule has 1 atom stereocenters. The molecule has 16 heavy (non-hydrogen) atoms. The molecule has 0 aromatic carbocycles. The Labute approximate surface area is 98.6 Å². The second-order valence-electron chi connectivity index (χ2n) is 4.16. The van der Waals surface area contributed by atoms with Gasteiger partial charge in [-0.1, -0.05) is 20.3 Å². The van der Waals surface area contributed by atoms with Gasteiger partial charge in [-0.05, 0) is 19.8 Å². The molecule has 96 valence electrons. The van der Waals surface area contributed by atoms with Crippen LogP contribution in [-0.4, -0.2) is 48.3 Å². The average molecular weight is 231 g/mol. The lowest BCUT2D eigenvalue weighted by molar-refractivity contribution is -0.154. The van der Waals surface area contributed by atoms with Crippen LogP contribution in [0.5, 0.6) is 0 Å². The first-order valence-electron chi connectivity index (χ1n) is 6.01. The highest BCUT2D eigenvalue weighted by Crippen LogP contribution is 2.18. The minimum absolute atomic E-state index is 0.00103. The molecule has 1 unspecified atom stereocenters. The molecule has 4 heteroatoms. The standard InChI is InChI=1S/C12H25NO3/c1-5-7-8-13(9-10-14)11(15)12(3,6-2)16-4/h14H,5-10H2,1-4H3. The summed E-state index contributed by atoms with van der Waals surface area (Å²) < 4.78 is 5.28. The average Bonchev–Trinajstić information content (AvgIpc) is 2.32. The summed E-state index contributed by atoms with van der Waals surface area (Å²) in [6, 6.07) is 0. The number of nitrogens with zero attached hydrogens (tertiary/aromatic N) is 1. The van der Waals surface area contributed by atoms with Crippen molar-refractivity contribution in [2.24, 2.45) is 0 Å². The number of hydrogen-bond donors (Lipinski definition) is 1. The zero-order chi connectivity index (χ0) is 12.6. The van der Waals surface area contributed by atoms with Crippen molar-refractivity contribution in [3.05, 3.63) is 0 Å². The number of carbonyl (C=O) groups excluding carboxylic acids is 1. The van der Waals surface area contributed by atoms with Crippen LogP contribution < -0.4 is 0 Å². The third-order valence-corrected chi connectivity index (χ3v) is 3.02. The SMILES string of the molecule is CCCCN(CCO)C(=O)C(C)(CC)OC. The number of aliphatic hydroxyl groups is 1. The Bertz CT molecular complexity index is 202. The van der Waals surface area contributed by atoms with Crippen molar-refractivity contribution in [3.63, 3.8) is 0 Å². The summed E-state index contributed by atoms with van der Waals surface area (Å²) in [7, 11) is 1.55. The van der Waals surface area contributed by atoms with E-state index in [-0.39, 0.29) is 12.5 Å². The van der Waals surface area contributed by atoms with E-state index < -0.39 is 5.60 Å². The van der Waals surface area contributed by atoms with Crippen molar-refractivity contribution in [1.82, 2.24) is 4.90 Å². The molecular formula is C12H25NO3. The molecule has 0 rings (SSSR count). The molecule has 0 aromatic rings. The highest BCUT2D eigenvalue weighted by Gasteiger charge is 2.34. The topological polar surface area (TPSA) is 49.8 Å². The predicted molar refractivity (Wildman–Crippen MR) is 64.3 cm³/mol. The molecule has 0 saturated heterocycles. The van der Waals surface area contributed by atoms with Gasteiger partial charge in [0.15, 0.2) is 0 Å². The third-order valence-electron chi connectivity index (χ3n) is 3.02. The van der Waals surface area contributed by atoms with Gasteiger partial charge in [0.2, 0.25) is 0 Å². The molecule has 0 aliphatic carbocycles. The van der Waals surface area contributed by atoms with Gasteiger partial charge in [-0.25, -0.2) is 0 Å². The van der Waals surface area contributed by atoms with E-state index >= 15 is 0 Å². The fraction of sp³-hybridized carbons (Fsp3) is 0.917. The van der Waals surface area contributed by atoms with Crippen LogP contribution in [0.4, 0.5) is 0 Å². The van der Waals surface area contributed by atoms with Gasteiger partial charge in [0.25, 0.3) is 5.91 Å². The molecule has 4 nitrogen and oxygen atoms in total. The van der Waals surface area contributed by atoms with Crippen LogP contribution in [0.15, 0.2) is 0 Å². The van der Waals surface area contributed by atoms with Crippen molar-refractivity contribution in [3.8, 4) is 0 Å². The van der Waals surface area contributed by atoms with E-state index in [9.17, 15) is 4.79 Å². The van der Waals surface area contributed by atoms with Crippen molar-refractivity contribution < 1.29 is 14.6 Å². The third kappa shape index (κ3) is 4.10. The van der Waals surface area contributed by atoms with Crippen LogP contribution >= 0.6 is 0 Å². The Kier molecular flexibility index (Phi) is 7.34. The van der Waals surface area contributed by atoms with E-state index in [1.165, 1.54) is 0 Å². The minimum Gasteiger partial charge on any atom is -0.395 e. The molecule has 0 bridgehead atoms. The highest BCUT2D eigenvalue weighted by atomic mass is 16.5. The van der Waals surface area contributed by atoms with Crippen molar-refractivity contribution in [2.75, 3.05) is 26.8 Å². The number of amides is 1. The molecule has 0 aliphatic heterocycles. The van der Waals surface area contributed by atoms with Gasteiger partial charge in [-0.3, -0.25) is 4.79 Å². The monoisotopic (exact) mass is 231 g/mol. The van der Waals surface area contributed by atoms with Crippen LogP contribution in [0.25, 0.3) is 0 Å². The fourth-order valence-electron chi connectivity index (χ4n) is 1.50. The van der Waals surface area contributed by atoms with Gasteiger partial charge < -0.3 is 14.7 Å². The summed E-state index contributed by atoms with van der Waals surface area (Å²) in [5, 5.41) is 8.96. The lowest BCUT2D eigenvalue weighted by atomic mass is 10.0. The Morgan fingerprint density at radius 1 is 1.38 bits per heavy atom. The lowest BCUT2D eigenvalue weighted by Crippen LogP contribution is -2.49. The van der Waals surface area contributed by atoms with Gasteiger partial charge in [0, 0.05) is 20.2 Å². The quantitative estimate of drug-likeness (QED) is 0.687. The van der Waals surface area contributed by atoms with E-state index in [0.717, 1.165) is 12.8 Å². The normalized spacial score (nSPS) is 14.6. The predicted octanol–water partition coefficient (Wildman–Crippen LogP) is 1.42. The molecular weight excluding hydrogens is 206 g/mol. The summed E-state index contributed by atoms with van der Waals surface area (Å²) >= 11 is 0. The Hall–Kier alpha value is -0.610. The van der Waals surface area contributed by atoms with Gasteiger partial charge in [0.05, 0.1) is 6.61 Å². The van der Waals surface area contributed by atoms with Gasteiger partial charge in [0.1, 0.15) is 5.60 Å². The van der Waals surface area contributed by atoms with Crippen LogP contribution in [0, 0.1) is 0 Å². The van der Waals surface area contributed by atoms with E-state index in [1.54, 1.807) is 18.9 Å². The van der Waals surface area contributed by atoms with Gasteiger partial charge in [-0.15, -0.1) is 0 Å². The largest absolute Gasteiger partial charge is 0.395 e. The number of aliphatic hydroxyl groups excluding tert-OH is 1. The molecule has 0 radical (unpaired) electrons. The summed E-state index contributed by atoms with van der Waals surface area (Å²) in [4.78, 5) is 13.9. The first kappa shape index (κ1) is 15.4. The smallest absolute Gasteiger partial charge is 0.254 e. The van der Waals surface area contributed by atoms with E-state index in [4.69, 9.17) is 9.84 Å². The summed E-state index contributed by atoms with van der Waals surface area (Å²) in [5.41, 5.74) is -0.761. The first-order chi connectivity index (χ1) is 7.55. The van der Waals surface area contributed by atoms with E-state index in [2.05, 4.69) is 6.92 Å². The number of rotatable bonds is 8. The number of ether oxygens (including phenoxy) is 1. The van der Waals surface area contributed by atoms with E-state index in [1.807, 2.05) is 6.92 Å². The fourth-order valence-corrected chi connectivity index (χ4v) is 1.50. The van der Waals surface area contributed by atoms with Crippen molar-refractivity contribution in [2.45, 2.75) is 45.6 Å². The van der Waals surface area contributed by atoms with Crippen molar-refractivity contribution in [1.29, 1.82) is 0 Å². The maximum atomic E-state index is 12.2. The molecule has 0 fully saturated rings. The number of methoxy groups -OCH3 is 1. The second-order valence-corrected chi connectivity index (χ2v) is 4.16. The van der Waals surface area contributed by atoms with Crippen molar-refractivity contribution >= 4 is 5.91 Å². The summed E-state index contributed by atoms with van der Waals surface area (Å²) in [6.07, 6.45) is 2.62. The van der Waals surface area contributed by atoms with Crippen LogP contribution in [0.2, 0.25) is 0 Å². The molecule has 1 N–H and O–H groups in total. The Morgan fingerprint density at radius 2 is 2.00 bits per heavy atom. The van der Waals surface area contributed by atoms with Crippen LogP contribution in [0.3, 0.4) is 0 Å². The zero-order valence-corrected chi connectivity index (χ0v) is 11.0. The summed E-state index contributed by atoms with van der Waals surface area (Å²) in [5.74, 6) is -0.0278. The molecule has 0 spiro atoms. The maximum absolute atomic E-state index is 12.2. The number of unbranched alkanes of at least 4 members (excludes halogenated alkanes) is 1. The second kappa shape index (κ2) is 7.63. The van der Waals surface area contributed by atoms with Crippen LogP contribution in [-0.2, 0) is 9.53 Å². The molecule has 1 amide bonds. The van der Waals surface area contributed by atoms with Gasteiger partial charge in [-0.2, -0.15) is 0 Å². The maximum Gasteiger partial charge on any atom is 0.254 e. The zero-order valence-electron chi connectivity index (χ0n) is 11.0. The molecule has 0 aliphatic rings. The first-order valence-corrected chi connectivity index (χ1v) is 6.01. The van der Waals surface area contributed by atoms with Gasteiger partial charge >= 0.3 is 0 Å². The number of carbonyl (C=O) groups is 1. The molecule has 0 heterocycles. The Morgan fingerprint density at radius 3 is 2.38 bits per heavy atom. The molecule has 0 aromatic heterocycles. The van der Waals surface area contributed by atoms with Crippen LogP contribution in [0.1, 0.15) is 40.0 Å². The Balaban J connectivity index is 4.57. The minimum atomic E-state index is -0.761. The highest BCUT2D eigenvalue weighted by molar-refractivity contribution is 5.84. The molecule has 0 saturated carbocycles. The lowest BCUT2D eigenvalue weighted by Gasteiger charge is -2.32.